The lowest BCUT2D eigenvalue weighted by Crippen LogP contribution is -2.29. The van der Waals surface area contributed by atoms with Crippen LogP contribution in [0.15, 0.2) is 36.5 Å². The number of phosphoric ester groups is 1. The first-order valence-corrected chi connectivity index (χ1v) is 24.5. The molecule has 0 amide bonds. The van der Waals surface area contributed by atoms with Crippen molar-refractivity contribution in [3.05, 3.63) is 36.5 Å². The first kappa shape index (κ1) is 54.2. The zero-order valence-corrected chi connectivity index (χ0v) is 37.0. The number of allylic oxidation sites excluding steroid dienone is 6. The fourth-order valence-electron chi connectivity index (χ4n) is 6.35. The van der Waals surface area contributed by atoms with Gasteiger partial charge in [0.25, 0.3) is 0 Å². The molecule has 0 aliphatic heterocycles. The minimum absolute atomic E-state index is 0.0500. The SMILES string of the molecule is CCCCC/C=C\C/C=C\C/C=C\CCCCCCC(=O)O[C@H](COC(=O)CCCCCCCCCCCCCCCCCCCC)COP(=O)(O)OCCN. The van der Waals surface area contributed by atoms with E-state index in [0.29, 0.717) is 6.42 Å². The fraction of sp³-hybridized carbons (Fsp3) is 0.826. The molecule has 56 heavy (non-hydrogen) atoms. The largest absolute Gasteiger partial charge is 0.472 e. The number of carbonyl (C=O) groups excluding carboxylic acids is 2. The lowest BCUT2D eigenvalue weighted by Gasteiger charge is -2.19. The lowest BCUT2D eigenvalue weighted by molar-refractivity contribution is -0.161. The molecule has 0 radical (unpaired) electrons. The van der Waals surface area contributed by atoms with Gasteiger partial charge >= 0.3 is 19.8 Å². The molecule has 9 nitrogen and oxygen atoms in total. The number of unbranched alkanes of at least 4 members (excludes halogenated alkanes) is 24. The average molecular weight is 812 g/mol. The molecule has 10 heteroatoms. The second-order valence-corrected chi connectivity index (χ2v) is 16.7. The van der Waals surface area contributed by atoms with Crippen molar-refractivity contribution in [3.8, 4) is 0 Å². The number of hydrogen-bond donors (Lipinski definition) is 2. The van der Waals surface area contributed by atoms with Gasteiger partial charge in [-0.15, -0.1) is 0 Å². The Morgan fingerprint density at radius 3 is 1.41 bits per heavy atom. The minimum Gasteiger partial charge on any atom is -0.462 e. The number of ether oxygens (including phenoxy) is 2. The molecule has 0 aromatic rings. The molecular weight excluding hydrogens is 725 g/mol. The van der Waals surface area contributed by atoms with Crippen LogP contribution in [-0.4, -0.2) is 49.3 Å². The Morgan fingerprint density at radius 1 is 0.536 bits per heavy atom. The van der Waals surface area contributed by atoms with E-state index in [9.17, 15) is 19.0 Å². The molecule has 3 N–H and O–H groups in total. The molecule has 0 aromatic heterocycles. The molecule has 0 saturated carbocycles. The number of esters is 2. The topological polar surface area (TPSA) is 134 Å². The van der Waals surface area contributed by atoms with E-state index in [4.69, 9.17) is 24.3 Å². The molecule has 0 heterocycles. The third-order valence-electron chi connectivity index (χ3n) is 9.78. The van der Waals surface area contributed by atoms with Crippen LogP contribution in [0.1, 0.15) is 213 Å². The van der Waals surface area contributed by atoms with E-state index in [1.807, 2.05) is 0 Å². The van der Waals surface area contributed by atoms with E-state index in [2.05, 4.69) is 50.3 Å². The summed E-state index contributed by atoms with van der Waals surface area (Å²) >= 11 is 0. The number of phosphoric acid groups is 1. The average Bonchev–Trinajstić information content (AvgIpc) is 3.18. The van der Waals surface area contributed by atoms with Crippen LogP contribution in [0, 0.1) is 0 Å². The highest BCUT2D eigenvalue weighted by Gasteiger charge is 2.26. The second-order valence-electron chi connectivity index (χ2n) is 15.3. The van der Waals surface area contributed by atoms with Gasteiger partial charge in [0.1, 0.15) is 6.61 Å². The van der Waals surface area contributed by atoms with Crippen molar-refractivity contribution in [1.82, 2.24) is 0 Å². The van der Waals surface area contributed by atoms with Gasteiger partial charge in [-0.05, 0) is 51.4 Å². The van der Waals surface area contributed by atoms with Gasteiger partial charge in [0.05, 0.1) is 13.2 Å². The zero-order chi connectivity index (χ0) is 41.1. The molecule has 1 unspecified atom stereocenters. The van der Waals surface area contributed by atoms with E-state index in [1.54, 1.807) is 0 Å². The van der Waals surface area contributed by atoms with Crippen LogP contribution in [0.5, 0.6) is 0 Å². The van der Waals surface area contributed by atoms with E-state index in [-0.39, 0.29) is 38.6 Å². The van der Waals surface area contributed by atoms with Gasteiger partial charge in [-0.1, -0.05) is 185 Å². The Bertz CT molecular complexity index is 1020. The molecule has 0 spiro atoms. The van der Waals surface area contributed by atoms with Gasteiger partial charge < -0.3 is 20.1 Å². The molecule has 2 atom stereocenters. The molecule has 0 aliphatic rings. The Labute approximate surface area is 344 Å². The predicted octanol–water partition coefficient (Wildman–Crippen LogP) is 13.3. The van der Waals surface area contributed by atoms with Crippen LogP contribution in [0.25, 0.3) is 0 Å². The van der Waals surface area contributed by atoms with E-state index >= 15 is 0 Å². The van der Waals surface area contributed by atoms with Crippen LogP contribution >= 0.6 is 7.82 Å². The zero-order valence-electron chi connectivity index (χ0n) is 36.1. The van der Waals surface area contributed by atoms with Crippen molar-refractivity contribution in [2.45, 2.75) is 219 Å². The van der Waals surface area contributed by atoms with Gasteiger partial charge in [-0.3, -0.25) is 18.6 Å². The molecule has 0 aromatic carbocycles. The third kappa shape index (κ3) is 41.9. The maximum atomic E-state index is 12.6. The summed E-state index contributed by atoms with van der Waals surface area (Å²) in [6.07, 6.45) is 47.4. The molecule has 0 aliphatic carbocycles. The van der Waals surface area contributed by atoms with Crippen molar-refractivity contribution < 1.29 is 37.6 Å². The second kappa shape index (κ2) is 42.8. The van der Waals surface area contributed by atoms with Crippen LogP contribution in [0.2, 0.25) is 0 Å². The van der Waals surface area contributed by atoms with Crippen molar-refractivity contribution in [1.29, 1.82) is 0 Å². The summed E-state index contributed by atoms with van der Waals surface area (Å²) in [4.78, 5) is 34.9. The maximum absolute atomic E-state index is 12.6. The van der Waals surface area contributed by atoms with Gasteiger partial charge in [0, 0.05) is 19.4 Å². The molecule has 328 valence electrons. The monoisotopic (exact) mass is 812 g/mol. The summed E-state index contributed by atoms with van der Waals surface area (Å²) in [5, 5.41) is 0. The van der Waals surface area contributed by atoms with Crippen LogP contribution in [0.4, 0.5) is 0 Å². The lowest BCUT2D eigenvalue weighted by atomic mass is 10.0. The summed E-state index contributed by atoms with van der Waals surface area (Å²) in [7, 11) is -4.38. The Balaban J connectivity index is 4.14. The molecule has 0 fully saturated rings. The van der Waals surface area contributed by atoms with Gasteiger partial charge in [0.2, 0.25) is 0 Å². The smallest absolute Gasteiger partial charge is 0.462 e. The highest BCUT2D eigenvalue weighted by atomic mass is 31.2. The highest BCUT2D eigenvalue weighted by molar-refractivity contribution is 7.47. The molecule has 0 rings (SSSR count). The van der Waals surface area contributed by atoms with Crippen molar-refractivity contribution in [2.75, 3.05) is 26.4 Å². The summed E-state index contributed by atoms with van der Waals surface area (Å²) in [5.74, 6) is -0.847. The number of nitrogens with two attached hydrogens (primary N) is 1. The summed E-state index contributed by atoms with van der Waals surface area (Å²) in [6.45, 7) is 3.70. The fourth-order valence-corrected chi connectivity index (χ4v) is 7.11. The molecule has 0 saturated heterocycles. The molecular formula is C46H86NO8P. The third-order valence-corrected chi connectivity index (χ3v) is 10.8. The number of hydrogen-bond acceptors (Lipinski definition) is 8. The normalized spacial score (nSPS) is 13.6. The van der Waals surface area contributed by atoms with E-state index in [0.717, 1.165) is 57.8 Å². The van der Waals surface area contributed by atoms with Crippen molar-refractivity contribution >= 4 is 19.8 Å². The van der Waals surface area contributed by atoms with Gasteiger partial charge in [-0.25, -0.2) is 4.57 Å². The van der Waals surface area contributed by atoms with Crippen LogP contribution in [-0.2, 0) is 32.7 Å². The Hall–Kier alpha value is -1.77. The van der Waals surface area contributed by atoms with Crippen LogP contribution in [0.3, 0.4) is 0 Å². The minimum atomic E-state index is -4.38. The Kier molecular flexibility index (Phi) is 41.5. The van der Waals surface area contributed by atoms with Gasteiger partial charge in [-0.2, -0.15) is 0 Å². The first-order valence-electron chi connectivity index (χ1n) is 23.0. The summed E-state index contributed by atoms with van der Waals surface area (Å²) < 4.78 is 32.8. The van der Waals surface area contributed by atoms with Crippen molar-refractivity contribution in [2.24, 2.45) is 5.73 Å². The quantitative estimate of drug-likeness (QED) is 0.0267. The first-order chi connectivity index (χ1) is 27.3. The van der Waals surface area contributed by atoms with Crippen molar-refractivity contribution in [3.63, 3.8) is 0 Å². The maximum Gasteiger partial charge on any atom is 0.472 e. The predicted molar refractivity (Wildman–Crippen MR) is 234 cm³/mol. The van der Waals surface area contributed by atoms with E-state index in [1.165, 1.54) is 122 Å². The number of carbonyl (C=O) groups is 2. The summed E-state index contributed by atoms with van der Waals surface area (Å²) in [6, 6.07) is 0. The van der Waals surface area contributed by atoms with Gasteiger partial charge in [0.15, 0.2) is 6.10 Å². The summed E-state index contributed by atoms with van der Waals surface area (Å²) in [5.41, 5.74) is 5.35. The van der Waals surface area contributed by atoms with Crippen LogP contribution < -0.4 is 5.73 Å². The standard InChI is InChI=1S/C46H86NO8P/c1-3-5-7-9-11-13-15-17-19-21-23-24-26-28-30-32-34-36-38-45(48)52-42-44(43-54-56(50,51)53-41-40-47)55-46(49)39-37-35-33-31-29-27-25-22-20-18-16-14-12-10-8-6-4-2/h12,14,18,20,25,27,44H,3-11,13,15-17,19,21-24,26,28-43,47H2,1-2H3,(H,50,51)/b14-12-,20-18-,27-25-/t44-/m1/s1. The highest BCUT2D eigenvalue weighted by Crippen LogP contribution is 2.43. The number of rotatable bonds is 43. The van der Waals surface area contributed by atoms with E-state index < -0.39 is 26.5 Å². The molecule has 0 bridgehead atoms. The Morgan fingerprint density at radius 2 is 0.929 bits per heavy atom.